The molecule has 1 aromatic carbocycles. The van der Waals surface area contributed by atoms with Gasteiger partial charge in [-0.1, -0.05) is 25.5 Å². The smallest absolute Gasteiger partial charge is 0.161 e. The first-order valence-corrected chi connectivity index (χ1v) is 6.00. The molecule has 0 unspecified atom stereocenters. The molecule has 2 N–H and O–H groups in total. The van der Waals surface area contributed by atoms with Crippen LogP contribution in [-0.2, 0) is 6.42 Å². The van der Waals surface area contributed by atoms with E-state index in [1.807, 2.05) is 6.07 Å². The van der Waals surface area contributed by atoms with Crippen LogP contribution in [0.1, 0.15) is 24.6 Å². The summed E-state index contributed by atoms with van der Waals surface area (Å²) in [6.45, 7) is 3.80. The van der Waals surface area contributed by atoms with Gasteiger partial charge < -0.3 is 5.73 Å². The summed E-state index contributed by atoms with van der Waals surface area (Å²) in [5, 5.41) is 0. The van der Waals surface area contributed by atoms with Crippen LogP contribution < -0.4 is 5.73 Å². The number of anilines is 1. The summed E-state index contributed by atoms with van der Waals surface area (Å²) < 4.78 is 13.5. The van der Waals surface area contributed by atoms with Crippen LogP contribution in [0.5, 0.6) is 0 Å². The molecule has 4 heteroatoms. The van der Waals surface area contributed by atoms with Crippen molar-refractivity contribution in [3.8, 4) is 11.4 Å². The predicted molar refractivity (Wildman–Crippen MR) is 70.6 cm³/mol. The maximum Gasteiger partial charge on any atom is 0.161 e. The molecule has 2 rings (SSSR count). The number of rotatable bonds is 3. The highest BCUT2D eigenvalue weighted by Crippen LogP contribution is 2.20. The van der Waals surface area contributed by atoms with Gasteiger partial charge in [-0.25, -0.2) is 14.4 Å². The lowest BCUT2D eigenvalue weighted by atomic mass is 10.1. The summed E-state index contributed by atoms with van der Waals surface area (Å²) in [7, 11) is 0. The molecule has 2 aromatic rings. The van der Waals surface area contributed by atoms with E-state index in [2.05, 4.69) is 16.9 Å². The maximum atomic E-state index is 13.5. The first-order valence-electron chi connectivity index (χ1n) is 6.00. The van der Waals surface area contributed by atoms with Gasteiger partial charge in [0.1, 0.15) is 11.6 Å². The molecule has 1 aromatic heterocycles. The summed E-state index contributed by atoms with van der Waals surface area (Å²) in [5.74, 6) is 0.650. The van der Waals surface area contributed by atoms with Gasteiger partial charge in [-0.05, 0) is 25.0 Å². The molecule has 0 amide bonds. The molecule has 0 saturated carbocycles. The van der Waals surface area contributed by atoms with E-state index in [0.717, 1.165) is 18.5 Å². The Kier molecular flexibility index (Phi) is 3.55. The lowest BCUT2D eigenvalue weighted by Gasteiger charge is -2.06. The molecular formula is C14H16FN3. The number of nitrogens with zero attached hydrogens (tertiary/aromatic N) is 2. The third-order valence-corrected chi connectivity index (χ3v) is 2.74. The highest BCUT2D eigenvalue weighted by atomic mass is 19.1. The molecule has 0 fully saturated rings. The minimum atomic E-state index is -0.254. The topological polar surface area (TPSA) is 51.8 Å². The van der Waals surface area contributed by atoms with Gasteiger partial charge in [0.2, 0.25) is 0 Å². The summed E-state index contributed by atoms with van der Waals surface area (Å²) in [6.07, 6.45) is 1.83. The van der Waals surface area contributed by atoms with E-state index in [4.69, 9.17) is 5.73 Å². The van der Waals surface area contributed by atoms with Crippen LogP contribution in [0.3, 0.4) is 0 Å². The van der Waals surface area contributed by atoms with Gasteiger partial charge in [0.15, 0.2) is 5.82 Å². The molecule has 0 radical (unpaired) electrons. The summed E-state index contributed by atoms with van der Waals surface area (Å²) in [6, 6.07) is 6.73. The fraction of sp³-hybridized carbons (Fsp3) is 0.286. The van der Waals surface area contributed by atoms with Crippen molar-refractivity contribution in [2.24, 2.45) is 0 Å². The Morgan fingerprint density at radius 1 is 1.22 bits per heavy atom. The molecule has 0 bridgehead atoms. The van der Waals surface area contributed by atoms with Crippen LogP contribution in [0, 0.1) is 12.7 Å². The van der Waals surface area contributed by atoms with Crippen LogP contribution in [-0.4, -0.2) is 9.97 Å². The number of aromatic nitrogens is 2. The lowest BCUT2D eigenvalue weighted by Crippen LogP contribution is -2.00. The summed E-state index contributed by atoms with van der Waals surface area (Å²) >= 11 is 0. The number of halogens is 1. The first kappa shape index (κ1) is 12.5. The molecule has 94 valence electrons. The Morgan fingerprint density at radius 2 is 2.00 bits per heavy atom. The Balaban J connectivity index is 2.46. The average Bonchev–Trinajstić information content (AvgIpc) is 2.32. The number of aryl methyl sites for hydroxylation is 2. The van der Waals surface area contributed by atoms with Crippen molar-refractivity contribution in [2.75, 3.05) is 5.73 Å². The summed E-state index contributed by atoms with van der Waals surface area (Å²) in [4.78, 5) is 8.56. The second-order valence-electron chi connectivity index (χ2n) is 4.32. The van der Waals surface area contributed by atoms with Crippen molar-refractivity contribution in [3.05, 3.63) is 41.3 Å². The molecular weight excluding hydrogens is 229 g/mol. The van der Waals surface area contributed by atoms with E-state index in [9.17, 15) is 4.39 Å². The van der Waals surface area contributed by atoms with Gasteiger partial charge in [0, 0.05) is 17.3 Å². The van der Waals surface area contributed by atoms with Crippen molar-refractivity contribution in [1.29, 1.82) is 0 Å². The minimum Gasteiger partial charge on any atom is -0.384 e. The molecule has 0 aliphatic heterocycles. The van der Waals surface area contributed by atoms with Crippen LogP contribution in [0.15, 0.2) is 24.3 Å². The third kappa shape index (κ3) is 2.64. The van der Waals surface area contributed by atoms with Crippen LogP contribution in [0.2, 0.25) is 0 Å². The molecule has 1 heterocycles. The number of hydrogen-bond donors (Lipinski definition) is 1. The standard InChI is InChI=1S/C14H16FN3/c1-3-4-11-8-13(16)18-14(17-11)10-6-5-9(2)12(15)7-10/h5-8H,3-4H2,1-2H3,(H2,16,17,18). The molecule has 3 nitrogen and oxygen atoms in total. The maximum absolute atomic E-state index is 13.5. The second-order valence-corrected chi connectivity index (χ2v) is 4.32. The SMILES string of the molecule is CCCc1cc(N)nc(-c2ccc(C)c(F)c2)n1. The van der Waals surface area contributed by atoms with E-state index in [-0.39, 0.29) is 5.82 Å². The molecule has 0 spiro atoms. The fourth-order valence-corrected chi connectivity index (χ4v) is 1.76. The van der Waals surface area contributed by atoms with E-state index in [0.29, 0.717) is 22.8 Å². The number of benzene rings is 1. The molecule has 18 heavy (non-hydrogen) atoms. The van der Waals surface area contributed by atoms with Gasteiger partial charge in [0.05, 0.1) is 0 Å². The van der Waals surface area contributed by atoms with E-state index >= 15 is 0 Å². The van der Waals surface area contributed by atoms with Crippen molar-refractivity contribution in [1.82, 2.24) is 9.97 Å². The average molecular weight is 245 g/mol. The van der Waals surface area contributed by atoms with Gasteiger partial charge in [-0.2, -0.15) is 0 Å². The van der Waals surface area contributed by atoms with Gasteiger partial charge in [-0.3, -0.25) is 0 Å². The molecule has 0 atom stereocenters. The first-order chi connectivity index (χ1) is 8.60. The van der Waals surface area contributed by atoms with E-state index < -0.39 is 0 Å². The Hall–Kier alpha value is -1.97. The lowest BCUT2D eigenvalue weighted by molar-refractivity contribution is 0.619. The van der Waals surface area contributed by atoms with Gasteiger partial charge >= 0.3 is 0 Å². The number of nitrogens with two attached hydrogens (primary N) is 1. The highest BCUT2D eigenvalue weighted by molar-refractivity contribution is 5.57. The monoisotopic (exact) mass is 245 g/mol. The molecule has 0 aliphatic rings. The fourth-order valence-electron chi connectivity index (χ4n) is 1.76. The normalized spacial score (nSPS) is 10.6. The van der Waals surface area contributed by atoms with Crippen molar-refractivity contribution >= 4 is 5.82 Å². The Bertz CT molecular complexity index is 567. The largest absolute Gasteiger partial charge is 0.384 e. The van der Waals surface area contributed by atoms with Gasteiger partial charge in [-0.15, -0.1) is 0 Å². The van der Waals surface area contributed by atoms with Crippen molar-refractivity contribution < 1.29 is 4.39 Å². The molecule has 0 aliphatic carbocycles. The van der Waals surface area contributed by atoms with Crippen molar-refractivity contribution in [3.63, 3.8) is 0 Å². The van der Waals surface area contributed by atoms with Crippen LogP contribution in [0.4, 0.5) is 10.2 Å². The highest BCUT2D eigenvalue weighted by Gasteiger charge is 2.07. The third-order valence-electron chi connectivity index (χ3n) is 2.74. The van der Waals surface area contributed by atoms with E-state index in [1.165, 1.54) is 6.07 Å². The zero-order chi connectivity index (χ0) is 13.1. The Labute approximate surface area is 106 Å². The minimum absolute atomic E-state index is 0.254. The Morgan fingerprint density at radius 3 is 2.67 bits per heavy atom. The van der Waals surface area contributed by atoms with Gasteiger partial charge in [0.25, 0.3) is 0 Å². The van der Waals surface area contributed by atoms with Crippen LogP contribution in [0.25, 0.3) is 11.4 Å². The van der Waals surface area contributed by atoms with Crippen molar-refractivity contribution in [2.45, 2.75) is 26.7 Å². The predicted octanol–water partition coefficient (Wildman–Crippen LogP) is 3.13. The number of nitrogen functional groups attached to an aromatic ring is 1. The molecule has 0 saturated heterocycles. The zero-order valence-corrected chi connectivity index (χ0v) is 10.6. The number of hydrogen-bond acceptors (Lipinski definition) is 3. The summed E-state index contributed by atoms with van der Waals surface area (Å²) in [5.41, 5.74) is 7.90. The zero-order valence-electron chi connectivity index (χ0n) is 10.6. The van der Waals surface area contributed by atoms with E-state index in [1.54, 1.807) is 19.1 Å². The quantitative estimate of drug-likeness (QED) is 0.903. The van der Waals surface area contributed by atoms with Crippen LogP contribution >= 0.6 is 0 Å². The second kappa shape index (κ2) is 5.12.